The number of primary amides is 1. The van der Waals surface area contributed by atoms with Gasteiger partial charge in [0.2, 0.25) is 11.8 Å². The maximum atomic E-state index is 15.6. The first-order chi connectivity index (χ1) is 31.7. The molecule has 8 rings (SSSR count). The maximum absolute atomic E-state index is 15.6. The fraction of sp³-hybridized carbons (Fsp3) is 0.354. The Morgan fingerprint density at radius 2 is 1.56 bits per heavy atom. The van der Waals surface area contributed by atoms with E-state index in [0.29, 0.717) is 104 Å². The van der Waals surface area contributed by atoms with E-state index in [1.165, 1.54) is 15.0 Å². The number of rotatable bonds is 13. The van der Waals surface area contributed by atoms with Crippen molar-refractivity contribution in [2.75, 3.05) is 56.4 Å². The van der Waals surface area contributed by atoms with Gasteiger partial charge in [-0.15, -0.1) is 0 Å². The SMILES string of the molecule is C=CC(=O)N1CCC(c2ccc(C(N)=O)c(Nc3ccc(C(=O)N4CCN(C(=O)CCCCNC(=S)Nc5ccc(C6C7=C(C)CC=[N+]7[B-](F)(F)n7c(C)ccc76)cc5)CC4)cc3)n2)CC1. The summed E-state index contributed by atoms with van der Waals surface area (Å²) in [5.41, 5.74) is 12.3. The van der Waals surface area contributed by atoms with Gasteiger partial charge in [0.25, 0.3) is 11.8 Å². The van der Waals surface area contributed by atoms with Gasteiger partial charge in [0, 0.05) is 92.9 Å². The van der Waals surface area contributed by atoms with E-state index in [2.05, 4.69) is 22.5 Å². The standard InChI is InChI=1S/C48H55BF2N10O4S/c1-4-41(62)57-24-21-33(22-25-57)39-18-17-38(45(52)64)46(56-39)54-36-15-11-35(12-16-36)47(65)59-29-27-58(28-30-59)42(63)7-5-6-23-53-48(66)55-37-13-9-34(10-14-37)43-40-19-8-32(3)61(40)49(50,51)60-26-20-31(2)44(43)60/h4,8-19,26,33,43H,1,5-7,20-25,27-30H2,2-3H3,(H2,52,64)(H,54,56)(H2,53,55,66). The second-order valence-corrected chi connectivity index (χ2v) is 17.8. The van der Waals surface area contributed by atoms with Gasteiger partial charge in [0.1, 0.15) is 23.6 Å². The molecule has 4 aliphatic heterocycles. The molecule has 4 aromatic rings. The number of nitrogens with zero attached hydrogens (tertiary/aromatic N) is 6. The number of amides is 4. The number of pyridine rings is 1. The highest BCUT2D eigenvalue weighted by atomic mass is 32.1. The van der Waals surface area contributed by atoms with E-state index in [4.69, 9.17) is 22.9 Å². The van der Waals surface area contributed by atoms with Crippen molar-refractivity contribution in [3.63, 3.8) is 0 Å². The Morgan fingerprint density at radius 3 is 2.24 bits per heavy atom. The summed E-state index contributed by atoms with van der Waals surface area (Å²) in [6.07, 6.45) is 6.70. The van der Waals surface area contributed by atoms with Crippen LogP contribution in [0.5, 0.6) is 0 Å². The van der Waals surface area contributed by atoms with E-state index in [9.17, 15) is 19.2 Å². The van der Waals surface area contributed by atoms with Crippen LogP contribution >= 0.6 is 12.2 Å². The van der Waals surface area contributed by atoms with Crippen LogP contribution in [0.2, 0.25) is 0 Å². The number of allylic oxidation sites excluding steroid dienone is 2. The van der Waals surface area contributed by atoms with Crippen LogP contribution in [-0.4, -0.2) is 116 Å². The number of aryl methyl sites for hydroxylation is 1. The Kier molecular flexibility index (Phi) is 13.5. The normalized spacial score (nSPS) is 18.0. The lowest BCUT2D eigenvalue weighted by molar-refractivity contribution is -0.372. The summed E-state index contributed by atoms with van der Waals surface area (Å²) in [5, 5.41) is 10.1. The number of aromatic nitrogens is 2. The minimum Gasteiger partial charge on any atom is -0.397 e. The predicted molar refractivity (Wildman–Crippen MR) is 256 cm³/mol. The first-order valence-corrected chi connectivity index (χ1v) is 23.0. The fourth-order valence-corrected chi connectivity index (χ4v) is 9.78. The summed E-state index contributed by atoms with van der Waals surface area (Å²) < 4.78 is 33.6. The van der Waals surface area contributed by atoms with Crippen molar-refractivity contribution in [1.29, 1.82) is 0 Å². The van der Waals surface area contributed by atoms with Gasteiger partial charge in [-0.25, -0.2) is 4.98 Å². The number of fused-ring (bicyclic) bond motifs is 2. The fourth-order valence-electron chi connectivity index (χ4n) is 9.56. The van der Waals surface area contributed by atoms with Crippen molar-refractivity contribution in [2.24, 2.45) is 5.73 Å². The van der Waals surface area contributed by atoms with E-state index >= 15 is 8.63 Å². The largest absolute Gasteiger partial charge is 0.736 e. The zero-order valence-corrected chi connectivity index (χ0v) is 38.1. The van der Waals surface area contributed by atoms with Crippen molar-refractivity contribution in [3.8, 4) is 0 Å². The molecule has 4 amide bonds. The molecule has 2 fully saturated rings. The second-order valence-electron chi connectivity index (χ2n) is 17.4. The highest BCUT2D eigenvalue weighted by Gasteiger charge is 2.55. The minimum absolute atomic E-state index is 0.0503. The quantitative estimate of drug-likeness (QED) is 0.0509. The highest BCUT2D eigenvalue weighted by molar-refractivity contribution is 7.80. The number of piperazine rings is 1. The summed E-state index contributed by atoms with van der Waals surface area (Å²) in [6.45, 7) is 6.79. The lowest BCUT2D eigenvalue weighted by Gasteiger charge is -2.36. The van der Waals surface area contributed by atoms with Crippen LogP contribution in [0, 0.1) is 6.92 Å². The highest BCUT2D eigenvalue weighted by Crippen LogP contribution is 2.45. The van der Waals surface area contributed by atoms with Gasteiger partial charge in [-0.3, -0.25) is 19.2 Å². The van der Waals surface area contributed by atoms with Gasteiger partial charge < -0.3 is 54.0 Å². The van der Waals surface area contributed by atoms with Crippen LogP contribution in [0.15, 0.2) is 96.7 Å². The number of anilines is 3. The average Bonchev–Trinajstić information content (AvgIpc) is 3.92. The number of thiocarbonyl (C=S) groups is 1. The average molecular weight is 917 g/mol. The number of benzene rings is 2. The third kappa shape index (κ3) is 9.50. The molecule has 2 aromatic carbocycles. The molecule has 5 N–H and O–H groups in total. The Hall–Kier alpha value is -6.69. The number of nitrogens with one attached hydrogen (secondary N) is 3. The molecule has 0 saturated carbocycles. The molecule has 0 spiro atoms. The molecular weight excluding hydrogens is 861 g/mol. The van der Waals surface area contributed by atoms with E-state index in [-0.39, 0.29) is 35.1 Å². The molecule has 14 nitrogen and oxygen atoms in total. The second kappa shape index (κ2) is 19.4. The number of hydrogen-bond donors (Lipinski definition) is 4. The van der Waals surface area contributed by atoms with Crippen LogP contribution in [0.25, 0.3) is 0 Å². The molecule has 0 radical (unpaired) electrons. The van der Waals surface area contributed by atoms with Gasteiger partial charge in [-0.1, -0.05) is 18.7 Å². The van der Waals surface area contributed by atoms with Gasteiger partial charge in [0.05, 0.1) is 5.56 Å². The number of likely N-dealkylation sites (tertiary alicyclic amines) is 1. The number of piperidine rings is 1. The van der Waals surface area contributed by atoms with E-state index in [1.807, 2.05) is 43.3 Å². The van der Waals surface area contributed by atoms with Crippen LogP contribution in [0.1, 0.15) is 101 Å². The van der Waals surface area contributed by atoms with Crippen LogP contribution in [0.4, 0.5) is 25.8 Å². The molecule has 4 aliphatic rings. The molecule has 66 heavy (non-hydrogen) atoms. The number of unbranched alkanes of at least 4 members (excludes halogenated alkanes) is 1. The lowest BCUT2D eigenvalue weighted by Crippen LogP contribution is -2.52. The molecule has 344 valence electrons. The topological polar surface area (TPSA) is 161 Å². The minimum atomic E-state index is -3.95. The van der Waals surface area contributed by atoms with E-state index in [1.54, 1.807) is 64.2 Å². The van der Waals surface area contributed by atoms with Gasteiger partial charge >= 0.3 is 6.97 Å². The number of hydrogen-bond acceptors (Lipinski definition) is 7. The molecule has 2 aromatic heterocycles. The summed E-state index contributed by atoms with van der Waals surface area (Å²) in [7, 11) is 0. The maximum Gasteiger partial charge on any atom is 0.736 e. The Bertz CT molecular complexity index is 2620. The lowest BCUT2D eigenvalue weighted by atomic mass is 9.80. The number of carbonyl (C=O) groups is 4. The van der Waals surface area contributed by atoms with Crippen molar-refractivity contribution in [2.45, 2.75) is 64.2 Å². The first-order valence-electron chi connectivity index (χ1n) is 22.6. The Labute approximate surface area is 388 Å². The van der Waals surface area contributed by atoms with Crippen LogP contribution in [-0.2, 0) is 9.59 Å². The van der Waals surface area contributed by atoms with E-state index < -0.39 is 12.9 Å². The number of carbonyl (C=O) groups excluding carboxylic acids is 4. The third-order valence-electron chi connectivity index (χ3n) is 13.2. The molecule has 1 unspecified atom stereocenters. The molecular formula is C48H55BF2N10O4S. The summed E-state index contributed by atoms with van der Waals surface area (Å²) in [4.78, 5) is 60.9. The number of nitrogens with two attached hydrogens (primary N) is 1. The number of halogens is 2. The van der Waals surface area contributed by atoms with Crippen molar-refractivity contribution in [1.82, 2.24) is 29.5 Å². The summed E-state index contributed by atoms with van der Waals surface area (Å²) in [5.74, 6) is -0.648. The van der Waals surface area contributed by atoms with Crippen LogP contribution < -0.4 is 21.7 Å². The third-order valence-corrected chi connectivity index (χ3v) is 13.4. The molecule has 0 bridgehead atoms. The molecule has 0 aliphatic carbocycles. The summed E-state index contributed by atoms with van der Waals surface area (Å²) >= 11 is 5.54. The smallest absolute Gasteiger partial charge is 0.397 e. The summed E-state index contributed by atoms with van der Waals surface area (Å²) in [6, 6.07) is 21.7. The molecule has 2 saturated heterocycles. The van der Waals surface area contributed by atoms with E-state index in [0.717, 1.165) is 41.8 Å². The van der Waals surface area contributed by atoms with Crippen molar-refractivity contribution >= 4 is 71.3 Å². The van der Waals surface area contributed by atoms with Crippen molar-refractivity contribution in [3.05, 3.63) is 130 Å². The molecule has 6 heterocycles. The van der Waals surface area contributed by atoms with Gasteiger partial charge in [-0.2, -0.15) is 0 Å². The van der Waals surface area contributed by atoms with Gasteiger partial charge in [0.15, 0.2) is 5.11 Å². The van der Waals surface area contributed by atoms with Crippen LogP contribution in [0.3, 0.4) is 0 Å². The molecule has 1 atom stereocenters. The molecule has 18 heteroatoms. The Morgan fingerprint density at radius 1 is 0.879 bits per heavy atom. The predicted octanol–water partition coefficient (Wildman–Crippen LogP) is 6.50. The van der Waals surface area contributed by atoms with Gasteiger partial charge in [-0.05, 0) is 135 Å². The zero-order chi connectivity index (χ0) is 46.7. The first kappa shape index (κ1) is 45.9. The Balaban J connectivity index is 0.753. The zero-order valence-electron chi connectivity index (χ0n) is 37.3. The monoisotopic (exact) mass is 916 g/mol. The van der Waals surface area contributed by atoms with Crippen molar-refractivity contribution < 1.29 is 32.3 Å².